The predicted octanol–water partition coefficient (Wildman–Crippen LogP) is 10.5. The molecule has 9 aromatic rings. The Bertz CT molecular complexity index is 3270. The highest BCUT2D eigenvalue weighted by atomic mass is 15.3. The van der Waals surface area contributed by atoms with Crippen molar-refractivity contribution in [3.63, 3.8) is 0 Å². The molecule has 0 saturated heterocycles. The Morgan fingerprint density at radius 1 is 0.317 bits per heavy atom. The lowest BCUT2D eigenvalue weighted by Gasteiger charge is -2.49. The second-order valence-corrected chi connectivity index (χ2v) is 18.4. The molecule has 0 aromatic heterocycles. The highest BCUT2D eigenvalue weighted by Gasteiger charge is 2.55. The molecule has 0 amide bonds. The summed E-state index contributed by atoms with van der Waals surface area (Å²) < 4.78 is 0. The maximum atomic E-state index is 2.65. The van der Waals surface area contributed by atoms with Gasteiger partial charge in [0.1, 0.15) is 0 Å². The number of rotatable bonds is 3. The van der Waals surface area contributed by atoms with E-state index in [0.717, 1.165) is 5.69 Å². The first kappa shape index (κ1) is 34.0. The summed E-state index contributed by atoms with van der Waals surface area (Å²) in [6.07, 6.45) is 0. The summed E-state index contributed by atoms with van der Waals surface area (Å²) in [5, 5.41) is 0. The van der Waals surface area contributed by atoms with Gasteiger partial charge in [-0.25, -0.2) is 0 Å². The maximum absolute atomic E-state index is 2.65. The minimum atomic E-state index is -0.166. The van der Waals surface area contributed by atoms with Gasteiger partial charge in [0, 0.05) is 39.5 Å². The number of anilines is 12. The molecule has 0 fully saturated rings. The van der Waals surface area contributed by atoms with Gasteiger partial charge >= 0.3 is 0 Å². The topological polar surface area (TPSA) is 13.0 Å². The summed E-state index contributed by atoms with van der Waals surface area (Å²) in [6.45, 7) is 4.87. The molecular weight excluding hydrogens is 762 g/mol. The first-order valence-electron chi connectivity index (χ1n) is 22.3. The van der Waals surface area contributed by atoms with Crippen molar-refractivity contribution < 1.29 is 0 Å². The Balaban J connectivity index is 1.10. The zero-order chi connectivity index (χ0) is 41.3. The Hall–Kier alpha value is -7.69. The van der Waals surface area contributed by atoms with E-state index in [4.69, 9.17) is 0 Å². The Morgan fingerprint density at radius 2 is 0.825 bits per heavy atom. The third kappa shape index (κ3) is 4.10. The zero-order valence-corrected chi connectivity index (χ0v) is 34.9. The third-order valence-corrected chi connectivity index (χ3v) is 15.1. The molecule has 6 heteroatoms. The van der Waals surface area contributed by atoms with Crippen molar-refractivity contribution in [3.05, 3.63) is 205 Å². The van der Waals surface area contributed by atoms with Crippen LogP contribution in [-0.4, -0.2) is 13.4 Å². The maximum Gasteiger partial charge on any atom is 0.247 e. The molecule has 0 atom stereocenters. The molecule has 4 nitrogen and oxygen atoms in total. The molecule has 0 radical (unpaired) electrons. The molecule has 0 saturated carbocycles. The highest BCUT2D eigenvalue weighted by Crippen LogP contribution is 2.58. The normalized spacial score (nSPS) is 15.4. The molecule has 63 heavy (non-hydrogen) atoms. The van der Waals surface area contributed by atoms with E-state index in [-0.39, 0.29) is 18.8 Å². The molecule has 6 aliphatic rings. The average Bonchev–Trinajstić information content (AvgIpc) is 3.68. The van der Waals surface area contributed by atoms with Gasteiger partial charge in [-0.15, -0.1) is 0 Å². The lowest BCUT2D eigenvalue weighted by atomic mass is 9.20. The summed E-state index contributed by atoms with van der Waals surface area (Å²) in [5.41, 5.74) is 28.4. The Kier molecular flexibility index (Phi) is 6.37. The van der Waals surface area contributed by atoms with E-state index in [2.05, 4.69) is 228 Å². The quantitative estimate of drug-likeness (QED) is 0.165. The molecule has 0 bridgehead atoms. The van der Waals surface area contributed by atoms with Gasteiger partial charge in [0.2, 0.25) is 13.4 Å². The lowest BCUT2D eigenvalue weighted by molar-refractivity contribution is 0.632. The molecule has 6 heterocycles. The minimum absolute atomic E-state index is 0.0268. The van der Waals surface area contributed by atoms with Crippen LogP contribution in [0.15, 0.2) is 194 Å². The number of hydrogen-bond acceptors (Lipinski definition) is 4. The van der Waals surface area contributed by atoms with Gasteiger partial charge < -0.3 is 19.6 Å². The molecular formula is C57H38B2N4. The van der Waals surface area contributed by atoms with Gasteiger partial charge in [0.05, 0.1) is 34.1 Å². The molecule has 0 aliphatic carbocycles. The summed E-state index contributed by atoms with van der Waals surface area (Å²) in [5.74, 6) is 0. The Morgan fingerprint density at radius 3 is 1.49 bits per heavy atom. The number of hydrogen-bond donors (Lipinski definition) is 0. The van der Waals surface area contributed by atoms with E-state index in [9.17, 15) is 0 Å². The molecule has 15 rings (SSSR count). The van der Waals surface area contributed by atoms with Crippen molar-refractivity contribution in [3.8, 4) is 11.1 Å². The van der Waals surface area contributed by atoms with Crippen LogP contribution >= 0.6 is 0 Å². The molecule has 6 aliphatic heterocycles. The number of benzene rings is 9. The van der Waals surface area contributed by atoms with Crippen molar-refractivity contribution in [1.82, 2.24) is 0 Å². The van der Waals surface area contributed by atoms with Crippen LogP contribution in [0.5, 0.6) is 0 Å². The van der Waals surface area contributed by atoms with E-state index in [1.165, 1.54) is 118 Å². The van der Waals surface area contributed by atoms with Crippen molar-refractivity contribution in [2.75, 3.05) is 19.6 Å². The van der Waals surface area contributed by atoms with Gasteiger partial charge in [-0.1, -0.05) is 140 Å². The van der Waals surface area contributed by atoms with Crippen LogP contribution in [0.25, 0.3) is 11.1 Å². The van der Waals surface area contributed by atoms with E-state index < -0.39 is 0 Å². The second kappa shape index (κ2) is 11.8. The monoisotopic (exact) mass is 800 g/mol. The van der Waals surface area contributed by atoms with E-state index in [1.807, 2.05) is 0 Å². The smallest absolute Gasteiger partial charge is 0.247 e. The van der Waals surface area contributed by atoms with Gasteiger partial charge in [-0.2, -0.15) is 0 Å². The van der Waals surface area contributed by atoms with Gasteiger partial charge in [-0.05, 0) is 123 Å². The van der Waals surface area contributed by atoms with Crippen LogP contribution in [0.2, 0.25) is 0 Å². The minimum Gasteiger partial charge on any atom is -0.312 e. The molecule has 0 unspecified atom stereocenters. The number of para-hydroxylation sites is 7. The first-order valence-corrected chi connectivity index (χ1v) is 22.3. The number of nitrogens with zero attached hydrogens (tertiary/aromatic N) is 4. The van der Waals surface area contributed by atoms with Crippen LogP contribution < -0.4 is 52.4 Å². The molecule has 292 valence electrons. The second-order valence-electron chi connectivity index (χ2n) is 18.4. The standard InChI is InChI=1S/C57H38B2N4/c1-57(2)40-21-9-12-24-44(40)62(45-25-13-10-22-41(45)57)37-33-43-54-51(34-37)63-48-28-16-15-27-47(48)61(36-19-7-4-8-20-36)50-32-30-39-38-29-31-49-55(52(38)59(54)53(39)56(50)63)58(43)42-23-11-14-26-46(42)60(49)35-17-5-3-6-18-35/h3-34H,1-2H3. The first-order chi connectivity index (χ1) is 31.1. The largest absolute Gasteiger partial charge is 0.312 e. The summed E-state index contributed by atoms with van der Waals surface area (Å²) >= 11 is 0. The van der Waals surface area contributed by atoms with Gasteiger partial charge in [0.15, 0.2) is 0 Å². The van der Waals surface area contributed by atoms with E-state index in [0.29, 0.717) is 0 Å². The third-order valence-electron chi connectivity index (χ3n) is 15.1. The van der Waals surface area contributed by atoms with Crippen molar-refractivity contribution in [2.24, 2.45) is 0 Å². The highest BCUT2D eigenvalue weighted by molar-refractivity contribution is 7.15. The SMILES string of the molecule is CC1(C)c2ccccc2N(c2cc3c4c(c2)N2c5ccccc5N(c5ccccc5)c5ccc6c(c52)B4c2c-6ccc4c2B3c2ccccc2N4c2ccccc2)c2ccccc21. The van der Waals surface area contributed by atoms with Gasteiger partial charge in [-0.3, -0.25) is 0 Å². The van der Waals surface area contributed by atoms with Gasteiger partial charge in [0.25, 0.3) is 0 Å². The average molecular weight is 801 g/mol. The molecule has 9 aromatic carbocycles. The van der Waals surface area contributed by atoms with Crippen LogP contribution in [0, 0.1) is 0 Å². The fourth-order valence-electron chi connectivity index (χ4n) is 12.7. The predicted molar refractivity (Wildman–Crippen MR) is 266 cm³/mol. The summed E-state index contributed by atoms with van der Waals surface area (Å²) in [7, 11) is 0. The Labute approximate surface area is 368 Å². The molecule has 0 spiro atoms. The fourth-order valence-corrected chi connectivity index (χ4v) is 12.7. The van der Waals surface area contributed by atoms with Crippen molar-refractivity contribution in [1.29, 1.82) is 0 Å². The lowest BCUT2D eigenvalue weighted by Crippen LogP contribution is -2.77. The van der Waals surface area contributed by atoms with E-state index in [1.54, 1.807) is 0 Å². The zero-order valence-electron chi connectivity index (χ0n) is 34.9. The van der Waals surface area contributed by atoms with Crippen LogP contribution in [-0.2, 0) is 5.41 Å². The van der Waals surface area contributed by atoms with Crippen LogP contribution in [0.4, 0.5) is 68.2 Å². The fraction of sp³-hybridized carbons (Fsp3) is 0.0526. The van der Waals surface area contributed by atoms with Crippen molar-refractivity contribution in [2.45, 2.75) is 19.3 Å². The molecule has 0 N–H and O–H groups in total. The summed E-state index contributed by atoms with van der Waals surface area (Å²) in [4.78, 5) is 10.2. The number of fused-ring (bicyclic) bond motifs is 9. The van der Waals surface area contributed by atoms with Crippen LogP contribution in [0.1, 0.15) is 25.0 Å². The van der Waals surface area contributed by atoms with Crippen LogP contribution in [0.3, 0.4) is 0 Å². The van der Waals surface area contributed by atoms with Crippen molar-refractivity contribution >= 4 is 114 Å². The summed E-state index contributed by atoms with van der Waals surface area (Å²) in [6, 6.07) is 73.1. The van der Waals surface area contributed by atoms with E-state index >= 15 is 0 Å².